The van der Waals surface area contributed by atoms with Crippen LogP contribution in [0.2, 0.25) is 0 Å². The number of rotatable bonds is 6. The number of guanidine groups is 1. The first-order chi connectivity index (χ1) is 14.8. The highest BCUT2D eigenvalue weighted by molar-refractivity contribution is 5.82. The highest BCUT2D eigenvalue weighted by atomic mass is 16.5. The SMILES string of the molecule is CCNC(=NCC(c1ccco1)N1CCCC1)N1CCN(C(=O)C2CCCO2)CC1. The van der Waals surface area contributed by atoms with Crippen molar-refractivity contribution in [3.63, 3.8) is 0 Å². The lowest BCUT2D eigenvalue weighted by molar-refractivity contribution is -0.142. The minimum atomic E-state index is -0.229. The number of aliphatic imine (C=N–C) groups is 1. The van der Waals surface area contributed by atoms with E-state index >= 15 is 0 Å². The summed E-state index contributed by atoms with van der Waals surface area (Å²) in [5.74, 6) is 2.07. The van der Waals surface area contributed by atoms with Crippen molar-refractivity contribution in [1.29, 1.82) is 0 Å². The van der Waals surface area contributed by atoms with Gasteiger partial charge in [-0.2, -0.15) is 0 Å². The third-order valence-electron chi connectivity index (χ3n) is 6.30. The van der Waals surface area contributed by atoms with E-state index in [0.717, 1.165) is 70.4 Å². The monoisotopic (exact) mass is 417 g/mol. The van der Waals surface area contributed by atoms with Crippen LogP contribution in [0, 0.1) is 0 Å². The summed E-state index contributed by atoms with van der Waals surface area (Å²) in [6.45, 7) is 9.52. The average molecular weight is 418 g/mol. The first-order valence-corrected chi connectivity index (χ1v) is 11.5. The smallest absolute Gasteiger partial charge is 0.251 e. The van der Waals surface area contributed by atoms with Gasteiger partial charge in [-0.05, 0) is 57.8 Å². The molecule has 1 N–H and O–H groups in total. The number of nitrogens with zero attached hydrogens (tertiary/aromatic N) is 4. The van der Waals surface area contributed by atoms with Crippen molar-refractivity contribution < 1.29 is 13.9 Å². The second-order valence-corrected chi connectivity index (χ2v) is 8.28. The van der Waals surface area contributed by atoms with Gasteiger partial charge >= 0.3 is 0 Å². The van der Waals surface area contributed by atoms with Crippen molar-refractivity contribution in [1.82, 2.24) is 20.0 Å². The molecule has 2 unspecified atom stereocenters. The Hall–Kier alpha value is -2.06. The van der Waals surface area contributed by atoms with Crippen LogP contribution in [-0.4, -0.2) is 91.6 Å². The maximum Gasteiger partial charge on any atom is 0.251 e. The number of nitrogens with one attached hydrogen (secondary N) is 1. The third-order valence-corrected chi connectivity index (χ3v) is 6.30. The molecule has 2 atom stereocenters. The number of likely N-dealkylation sites (tertiary alicyclic amines) is 1. The number of furan rings is 1. The molecular weight excluding hydrogens is 382 g/mol. The van der Waals surface area contributed by atoms with Crippen LogP contribution in [0.15, 0.2) is 27.8 Å². The zero-order chi connectivity index (χ0) is 20.8. The van der Waals surface area contributed by atoms with Gasteiger partial charge in [0.05, 0.1) is 18.8 Å². The van der Waals surface area contributed by atoms with Crippen LogP contribution in [0.25, 0.3) is 0 Å². The number of hydrogen-bond donors (Lipinski definition) is 1. The Morgan fingerprint density at radius 2 is 1.93 bits per heavy atom. The van der Waals surface area contributed by atoms with Crippen LogP contribution in [0.4, 0.5) is 0 Å². The molecule has 3 aliphatic heterocycles. The second kappa shape index (κ2) is 10.3. The molecule has 30 heavy (non-hydrogen) atoms. The molecule has 0 spiro atoms. The van der Waals surface area contributed by atoms with Crippen molar-refractivity contribution in [2.24, 2.45) is 4.99 Å². The Morgan fingerprint density at radius 3 is 2.57 bits per heavy atom. The Morgan fingerprint density at radius 1 is 1.17 bits per heavy atom. The minimum Gasteiger partial charge on any atom is -0.468 e. The molecule has 3 fully saturated rings. The highest BCUT2D eigenvalue weighted by Gasteiger charge is 2.31. The fourth-order valence-corrected chi connectivity index (χ4v) is 4.63. The summed E-state index contributed by atoms with van der Waals surface area (Å²) in [4.78, 5) is 24.3. The number of piperazine rings is 1. The standard InChI is InChI=1S/C22H35N5O3/c1-2-23-22(24-17-18(19-7-5-15-29-19)25-9-3-4-10-25)27-13-11-26(12-14-27)21(28)20-8-6-16-30-20/h5,7,15,18,20H,2-4,6,8-14,16-17H2,1H3,(H,23,24). The normalized spacial score (nSPS) is 24.4. The summed E-state index contributed by atoms with van der Waals surface area (Å²) in [5.41, 5.74) is 0. The number of carbonyl (C=O) groups is 1. The molecule has 3 aliphatic rings. The van der Waals surface area contributed by atoms with E-state index < -0.39 is 0 Å². The second-order valence-electron chi connectivity index (χ2n) is 8.28. The fourth-order valence-electron chi connectivity index (χ4n) is 4.63. The largest absolute Gasteiger partial charge is 0.468 e. The van der Waals surface area contributed by atoms with Gasteiger partial charge in [0.1, 0.15) is 11.9 Å². The summed E-state index contributed by atoms with van der Waals surface area (Å²) in [7, 11) is 0. The van der Waals surface area contributed by atoms with Crippen molar-refractivity contribution in [3.05, 3.63) is 24.2 Å². The van der Waals surface area contributed by atoms with Crippen molar-refractivity contribution in [3.8, 4) is 0 Å². The van der Waals surface area contributed by atoms with Gasteiger partial charge in [0.25, 0.3) is 5.91 Å². The van der Waals surface area contributed by atoms with E-state index in [9.17, 15) is 4.79 Å². The quantitative estimate of drug-likeness (QED) is 0.561. The molecule has 4 heterocycles. The van der Waals surface area contributed by atoms with Crippen LogP contribution >= 0.6 is 0 Å². The molecule has 4 rings (SSSR count). The maximum absolute atomic E-state index is 12.6. The van der Waals surface area contributed by atoms with E-state index in [1.165, 1.54) is 12.8 Å². The first-order valence-electron chi connectivity index (χ1n) is 11.5. The highest BCUT2D eigenvalue weighted by Crippen LogP contribution is 2.26. The van der Waals surface area contributed by atoms with Gasteiger partial charge in [-0.3, -0.25) is 14.7 Å². The summed E-state index contributed by atoms with van der Waals surface area (Å²) >= 11 is 0. The fraction of sp³-hybridized carbons (Fsp3) is 0.727. The molecule has 8 heteroatoms. The Kier molecular flexibility index (Phi) is 7.28. The van der Waals surface area contributed by atoms with Gasteiger partial charge in [-0.25, -0.2) is 0 Å². The molecule has 0 bridgehead atoms. The molecule has 0 aliphatic carbocycles. The minimum absolute atomic E-state index is 0.154. The van der Waals surface area contributed by atoms with Gasteiger partial charge in [0.2, 0.25) is 0 Å². The van der Waals surface area contributed by atoms with E-state index in [4.69, 9.17) is 14.1 Å². The zero-order valence-corrected chi connectivity index (χ0v) is 18.1. The first kappa shape index (κ1) is 21.2. The third kappa shape index (κ3) is 4.98. The van der Waals surface area contributed by atoms with Crippen LogP contribution in [-0.2, 0) is 9.53 Å². The molecule has 0 radical (unpaired) electrons. The summed E-state index contributed by atoms with van der Waals surface area (Å²) in [5, 5.41) is 3.44. The predicted octanol–water partition coefficient (Wildman–Crippen LogP) is 1.71. The molecule has 1 aromatic rings. The molecule has 1 aromatic heterocycles. The Labute approximate surface area is 179 Å². The van der Waals surface area contributed by atoms with Crippen LogP contribution in [0.3, 0.4) is 0 Å². The molecule has 0 aromatic carbocycles. The number of carbonyl (C=O) groups excluding carboxylic acids is 1. The average Bonchev–Trinajstić information content (AvgIpc) is 3.56. The lowest BCUT2D eigenvalue weighted by Crippen LogP contribution is -2.55. The summed E-state index contributed by atoms with van der Waals surface area (Å²) < 4.78 is 11.3. The molecule has 3 saturated heterocycles. The lowest BCUT2D eigenvalue weighted by atomic mass is 10.2. The van der Waals surface area contributed by atoms with Gasteiger partial charge in [-0.1, -0.05) is 0 Å². The van der Waals surface area contributed by atoms with Crippen molar-refractivity contribution in [2.75, 3.05) is 59.0 Å². The van der Waals surface area contributed by atoms with Gasteiger partial charge in [0.15, 0.2) is 5.96 Å². The summed E-state index contributed by atoms with van der Waals surface area (Å²) in [6, 6.07) is 4.19. The van der Waals surface area contributed by atoms with Gasteiger partial charge in [-0.15, -0.1) is 0 Å². The van der Waals surface area contributed by atoms with E-state index in [2.05, 4.69) is 28.1 Å². The van der Waals surface area contributed by atoms with E-state index in [1.807, 2.05) is 11.0 Å². The van der Waals surface area contributed by atoms with E-state index in [1.54, 1.807) is 6.26 Å². The van der Waals surface area contributed by atoms with Crippen molar-refractivity contribution >= 4 is 11.9 Å². The zero-order valence-electron chi connectivity index (χ0n) is 18.1. The lowest BCUT2D eigenvalue weighted by Gasteiger charge is -2.37. The number of hydrogen-bond acceptors (Lipinski definition) is 5. The molecule has 166 valence electrons. The molecule has 0 saturated carbocycles. The van der Waals surface area contributed by atoms with Crippen LogP contribution < -0.4 is 5.32 Å². The number of ether oxygens (including phenoxy) is 1. The summed E-state index contributed by atoms with van der Waals surface area (Å²) in [6.07, 6.45) is 5.84. The van der Waals surface area contributed by atoms with Gasteiger partial charge in [0, 0.05) is 39.3 Å². The maximum atomic E-state index is 12.6. The van der Waals surface area contributed by atoms with E-state index in [0.29, 0.717) is 13.2 Å². The molecule has 8 nitrogen and oxygen atoms in total. The molecule has 1 amide bonds. The molecular formula is C22H35N5O3. The van der Waals surface area contributed by atoms with Crippen LogP contribution in [0.5, 0.6) is 0 Å². The predicted molar refractivity (Wildman–Crippen MR) is 115 cm³/mol. The Balaban J connectivity index is 1.38. The Bertz CT molecular complexity index is 688. The van der Waals surface area contributed by atoms with Crippen LogP contribution in [0.1, 0.15) is 44.4 Å². The van der Waals surface area contributed by atoms with Crippen molar-refractivity contribution in [2.45, 2.75) is 44.8 Å². The number of amides is 1. The van der Waals surface area contributed by atoms with Gasteiger partial charge < -0.3 is 24.3 Å². The van der Waals surface area contributed by atoms with E-state index in [-0.39, 0.29) is 18.1 Å². The topological polar surface area (TPSA) is 73.6 Å².